The maximum Gasteiger partial charge on any atom is 0.337 e. The van der Waals surface area contributed by atoms with Crippen molar-refractivity contribution in [2.24, 2.45) is 0 Å². The van der Waals surface area contributed by atoms with E-state index >= 15 is 0 Å². The highest BCUT2D eigenvalue weighted by Gasteiger charge is 2.12. The van der Waals surface area contributed by atoms with Gasteiger partial charge in [0.15, 0.2) is 0 Å². The van der Waals surface area contributed by atoms with Crippen LogP contribution in [0.2, 0.25) is 0 Å². The van der Waals surface area contributed by atoms with Crippen molar-refractivity contribution in [1.29, 1.82) is 0 Å². The first-order valence-electron chi connectivity index (χ1n) is 4.40. The Morgan fingerprint density at radius 3 is 3.07 bits per heavy atom. The average Bonchev–Trinajstić information content (AvgIpc) is 2.27. The van der Waals surface area contributed by atoms with Gasteiger partial charge < -0.3 is 14.8 Å². The molecule has 0 unspecified atom stereocenters. The van der Waals surface area contributed by atoms with Gasteiger partial charge in [-0.05, 0) is 18.2 Å². The van der Waals surface area contributed by atoms with Gasteiger partial charge in [-0.25, -0.2) is 4.79 Å². The molecule has 1 N–H and O–H groups in total. The van der Waals surface area contributed by atoms with Crippen molar-refractivity contribution < 1.29 is 14.3 Å². The summed E-state index contributed by atoms with van der Waals surface area (Å²) in [5.74, 6) is 0.448. The summed E-state index contributed by atoms with van der Waals surface area (Å²) in [6, 6.07) is 5.20. The van der Waals surface area contributed by atoms with E-state index in [0.29, 0.717) is 12.2 Å². The van der Waals surface area contributed by atoms with Gasteiger partial charge in [-0.1, -0.05) is 0 Å². The minimum atomic E-state index is -0.333. The summed E-state index contributed by atoms with van der Waals surface area (Å²) >= 11 is 0. The van der Waals surface area contributed by atoms with Gasteiger partial charge in [-0.3, -0.25) is 0 Å². The third-order valence-corrected chi connectivity index (χ3v) is 2.08. The Hall–Kier alpha value is -1.42. The molecule has 0 aromatic heterocycles. The molecule has 1 aromatic rings. The third-order valence-electron chi connectivity index (χ3n) is 2.08. The quantitative estimate of drug-likeness (QED) is 0.745. The molecule has 2 rings (SSSR count). The molecule has 1 aromatic carbocycles. The minimum absolute atomic E-state index is 0. The molecule has 0 spiro atoms. The second-order valence-electron chi connectivity index (χ2n) is 2.98. The fraction of sp³-hybridized carbons (Fsp3) is 0.300. The van der Waals surface area contributed by atoms with Gasteiger partial charge >= 0.3 is 5.97 Å². The molecule has 1 aliphatic heterocycles. The first kappa shape index (κ1) is 11.7. The molecule has 0 amide bonds. The summed E-state index contributed by atoms with van der Waals surface area (Å²) in [6.07, 6.45) is 0. The second kappa shape index (κ2) is 4.89. The highest BCUT2D eigenvalue weighted by Crippen LogP contribution is 2.28. The van der Waals surface area contributed by atoms with E-state index in [1.807, 2.05) is 0 Å². The van der Waals surface area contributed by atoms with Gasteiger partial charge in [0, 0.05) is 6.54 Å². The van der Waals surface area contributed by atoms with E-state index in [0.717, 1.165) is 18.0 Å². The predicted octanol–water partition coefficient (Wildman–Crippen LogP) is 1.70. The highest BCUT2D eigenvalue weighted by molar-refractivity contribution is 5.91. The predicted molar refractivity (Wildman–Crippen MR) is 59.0 cm³/mol. The number of fused-ring (bicyclic) bond motifs is 1. The zero-order valence-electron chi connectivity index (χ0n) is 8.28. The van der Waals surface area contributed by atoms with E-state index in [4.69, 9.17) is 4.74 Å². The maximum atomic E-state index is 11.2. The zero-order valence-corrected chi connectivity index (χ0v) is 9.10. The smallest absolute Gasteiger partial charge is 0.337 e. The Balaban J connectivity index is 0.00000112. The van der Waals surface area contributed by atoms with E-state index in [9.17, 15) is 4.79 Å². The molecule has 0 atom stereocenters. The van der Waals surface area contributed by atoms with Gasteiger partial charge in [0.05, 0.1) is 18.4 Å². The van der Waals surface area contributed by atoms with Crippen molar-refractivity contribution >= 4 is 24.1 Å². The molecule has 1 aliphatic rings. The summed E-state index contributed by atoms with van der Waals surface area (Å²) in [5, 5.41) is 3.15. The van der Waals surface area contributed by atoms with Crippen LogP contribution in [0.25, 0.3) is 0 Å². The van der Waals surface area contributed by atoms with E-state index in [-0.39, 0.29) is 18.4 Å². The number of anilines is 1. The molecule has 5 heteroatoms. The molecule has 0 saturated heterocycles. The molecule has 0 bridgehead atoms. The number of ether oxygens (including phenoxy) is 2. The summed E-state index contributed by atoms with van der Waals surface area (Å²) in [6.45, 7) is 1.42. The second-order valence-corrected chi connectivity index (χ2v) is 2.98. The molecular weight excluding hydrogens is 218 g/mol. The monoisotopic (exact) mass is 229 g/mol. The van der Waals surface area contributed by atoms with Crippen LogP contribution in [0.5, 0.6) is 5.75 Å². The number of halogens is 1. The number of carbonyl (C=O) groups is 1. The SMILES string of the molecule is COC(=O)c1ccc2c(c1)NCCO2.Cl. The lowest BCUT2D eigenvalue weighted by Gasteiger charge is -2.19. The van der Waals surface area contributed by atoms with Gasteiger partial charge in [0.2, 0.25) is 0 Å². The Labute approximate surface area is 94.0 Å². The number of benzene rings is 1. The summed E-state index contributed by atoms with van der Waals surface area (Å²) in [4.78, 5) is 11.2. The van der Waals surface area contributed by atoms with Gasteiger partial charge in [-0.2, -0.15) is 0 Å². The average molecular weight is 230 g/mol. The zero-order chi connectivity index (χ0) is 9.97. The van der Waals surface area contributed by atoms with Gasteiger partial charge in [0.25, 0.3) is 0 Å². The van der Waals surface area contributed by atoms with Crippen molar-refractivity contribution in [2.75, 3.05) is 25.6 Å². The summed E-state index contributed by atoms with van der Waals surface area (Å²) < 4.78 is 10.00. The Morgan fingerprint density at radius 2 is 2.33 bits per heavy atom. The van der Waals surface area contributed by atoms with Crippen molar-refractivity contribution in [3.8, 4) is 5.75 Å². The molecule has 15 heavy (non-hydrogen) atoms. The lowest BCUT2D eigenvalue weighted by atomic mass is 10.1. The minimum Gasteiger partial charge on any atom is -0.490 e. The number of nitrogens with one attached hydrogen (secondary N) is 1. The van der Waals surface area contributed by atoms with Crippen LogP contribution in [0.4, 0.5) is 5.69 Å². The van der Waals surface area contributed by atoms with Crippen LogP contribution in [-0.2, 0) is 4.74 Å². The van der Waals surface area contributed by atoms with Crippen LogP contribution in [-0.4, -0.2) is 26.2 Å². The van der Waals surface area contributed by atoms with Crippen LogP contribution in [0.3, 0.4) is 0 Å². The highest BCUT2D eigenvalue weighted by atomic mass is 35.5. The first-order valence-corrected chi connectivity index (χ1v) is 4.40. The third kappa shape index (κ3) is 2.33. The van der Waals surface area contributed by atoms with E-state index in [1.54, 1.807) is 18.2 Å². The number of rotatable bonds is 1. The molecule has 1 heterocycles. The largest absolute Gasteiger partial charge is 0.490 e. The van der Waals surface area contributed by atoms with Crippen LogP contribution in [0, 0.1) is 0 Å². The van der Waals surface area contributed by atoms with E-state index < -0.39 is 0 Å². The molecule has 82 valence electrons. The lowest BCUT2D eigenvalue weighted by Crippen LogP contribution is -2.18. The number of carbonyl (C=O) groups excluding carboxylic acids is 1. The normalized spacial score (nSPS) is 12.6. The number of hydrogen-bond donors (Lipinski definition) is 1. The first-order chi connectivity index (χ1) is 6.81. The van der Waals surface area contributed by atoms with Gasteiger partial charge in [0.1, 0.15) is 12.4 Å². The number of esters is 1. The molecule has 0 fully saturated rings. The number of hydrogen-bond acceptors (Lipinski definition) is 4. The molecule has 4 nitrogen and oxygen atoms in total. The molecule has 0 saturated carbocycles. The Kier molecular flexibility index (Phi) is 3.80. The Bertz CT molecular complexity index is 368. The number of methoxy groups -OCH3 is 1. The van der Waals surface area contributed by atoms with Crippen molar-refractivity contribution in [2.45, 2.75) is 0 Å². The summed E-state index contributed by atoms with van der Waals surface area (Å²) in [7, 11) is 1.37. The van der Waals surface area contributed by atoms with Crippen LogP contribution < -0.4 is 10.1 Å². The maximum absolute atomic E-state index is 11.2. The van der Waals surface area contributed by atoms with Crippen molar-refractivity contribution in [3.63, 3.8) is 0 Å². The molecule has 0 radical (unpaired) electrons. The van der Waals surface area contributed by atoms with Crippen LogP contribution in [0.1, 0.15) is 10.4 Å². The van der Waals surface area contributed by atoms with Crippen molar-refractivity contribution in [1.82, 2.24) is 0 Å². The summed E-state index contributed by atoms with van der Waals surface area (Å²) in [5.41, 5.74) is 1.38. The standard InChI is InChI=1S/C10H11NO3.ClH/c1-13-10(12)7-2-3-9-8(6-7)11-4-5-14-9;/h2-3,6,11H,4-5H2,1H3;1H. The fourth-order valence-corrected chi connectivity index (χ4v) is 1.39. The van der Waals surface area contributed by atoms with Gasteiger partial charge in [-0.15, -0.1) is 12.4 Å². The van der Waals surface area contributed by atoms with E-state index in [1.165, 1.54) is 7.11 Å². The van der Waals surface area contributed by atoms with Crippen LogP contribution >= 0.6 is 12.4 Å². The molecule has 0 aliphatic carbocycles. The lowest BCUT2D eigenvalue weighted by molar-refractivity contribution is 0.0600. The van der Waals surface area contributed by atoms with E-state index in [2.05, 4.69) is 10.1 Å². The van der Waals surface area contributed by atoms with Crippen molar-refractivity contribution in [3.05, 3.63) is 23.8 Å². The fourth-order valence-electron chi connectivity index (χ4n) is 1.39. The topological polar surface area (TPSA) is 47.6 Å². The molecular formula is C10H12ClNO3. The van der Waals surface area contributed by atoms with Crippen LogP contribution in [0.15, 0.2) is 18.2 Å². The Morgan fingerprint density at radius 1 is 1.53 bits per heavy atom.